The highest BCUT2D eigenvalue weighted by Crippen LogP contribution is 2.46. The highest BCUT2D eigenvalue weighted by atomic mass is 32.1. The van der Waals surface area contributed by atoms with Crippen LogP contribution in [0.3, 0.4) is 0 Å². The van der Waals surface area contributed by atoms with Crippen LogP contribution < -0.4 is 4.90 Å². The van der Waals surface area contributed by atoms with E-state index in [1.165, 1.54) is 81.5 Å². The van der Waals surface area contributed by atoms with E-state index >= 15 is 0 Å². The molecular weight excluding hydrogens is 695 g/mol. The van der Waals surface area contributed by atoms with Gasteiger partial charge >= 0.3 is 0 Å². The predicted molar refractivity (Wildman–Crippen MR) is 241 cm³/mol. The minimum atomic E-state index is 1.11. The quantitative estimate of drug-likeness (QED) is 0.150. The molecule has 0 amide bonds. The molecule has 10 aromatic rings. The Hall–Kier alpha value is -7.00. The zero-order valence-electron chi connectivity index (χ0n) is 30.7. The predicted octanol–water partition coefficient (Wildman–Crippen LogP) is 15.9. The Bertz CT molecular complexity index is 2960. The first-order chi connectivity index (χ1) is 27.8. The molecule has 0 atom stereocenters. The van der Waals surface area contributed by atoms with E-state index in [0.717, 1.165) is 11.4 Å². The number of anilines is 3. The van der Waals surface area contributed by atoms with Crippen LogP contribution in [0.2, 0.25) is 0 Å². The van der Waals surface area contributed by atoms with Gasteiger partial charge in [0.2, 0.25) is 0 Å². The van der Waals surface area contributed by atoms with Gasteiger partial charge in [0.1, 0.15) is 0 Å². The average Bonchev–Trinajstić information content (AvgIpc) is 3.67. The molecule has 0 spiro atoms. The Labute approximate surface area is 332 Å². The van der Waals surface area contributed by atoms with Gasteiger partial charge in [-0.25, -0.2) is 0 Å². The number of benzene rings is 9. The third kappa shape index (κ3) is 6.26. The zero-order chi connectivity index (χ0) is 37.3. The Morgan fingerprint density at radius 3 is 1.46 bits per heavy atom. The zero-order valence-corrected chi connectivity index (χ0v) is 31.5. The second-order valence-electron chi connectivity index (χ2n) is 14.1. The number of thiophene rings is 1. The summed E-state index contributed by atoms with van der Waals surface area (Å²) in [6.45, 7) is 0. The van der Waals surface area contributed by atoms with Gasteiger partial charge in [-0.3, -0.25) is 0 Å². The van der Waals surface area contributed by atoms with Crippen molar-refractivity contribution in [2.24, 2.45) is 0 Å². The first-order valence-corrected chi connectivity index (χ1v) is 19.9. The van der Waals surface area contributed by atoms with Crippen LogP contribution in [0, 0.1) is 0 Å². The SMILES string of the molecule is c1ccc(-c2cccc(-c3ccccc3-c3cccc(N(c4ccc(-c5ccccc5-c5ccccc5)cc4)c4cccc5c4sc4ccccc45)c3)c2)cc1. The fourth-order valence-electron chi connectivity index (χ4n) is 8.03. The molecule has 1 nitrogen and oxygen atoms in total. The molecule has 0 aliphatic carbocycles. The van der Waals surface area contributed by atoms with E-state index in [-0.39, 0.29) is 0 Å². The largest absolute Gasteiger partial charge is 0.309 e. The Balaban J connectivity index is 1.11. The number of hydrogen-bond donors (Lipinski definition) is 0. The topological polar surface area (TPSA) is 3.24 Å². The molecule has 0 unspecified atom stereocenters. The lowest BCUT2D eigenvalue weighted by Crippen LogP contribution is -2.10. The smallest absolute Gasteiger partial charge is 0.0640 e. The van der Waals surface area contributed by atoms with Gasteiger partial charge in [-0.2, -0.15) is 0 Å². The van der Waals surface area contributed by atoms with E-state index in [9.17, 15) is 0 Å². The Morgan fingerprint density at radius 1 is 0.286 bits per heavy atom. The molecule has 10 rings (SSSR count). The third-order valence-corrected chi connectivity index (χ3v) is 11.9. The summed E-state index contributed by atoms with van der Waals surface area (Å²) in [5.74, 6) is 0. The van der Waals surface area contributed by atoms with Crippen LogP contribution in [0.15, 0.2) is 224 Å². The summed E-state index contributed by atoms with van der Waals surface area (Å²) >= 11 is 1.86. The van der Waals surface area contributed by atoms with Crippen molar-refractivity contribution in [2.75, 3.05) is 4.90 Å². The summed E-state index contributed by atoms with van der Waals surface area (Å²) in [5.41, 5.74) is 15.5. The lowest BCUT2D eigenvalue weighted by atomic mass is 9.92. The van der Waals surface area contributed by atoms with E-state index in [4.69, 9.17) is 0 Å². The van der Waals surface area contributed by atoms with Gasteiger partial charge in [-0.1, -0.05) is 182 Å². The van der Waals surface area contributed by atoms with Crippen molar-refractivity contribution in [1.82, 2.24) is 0 Å². The summed E-state index contributed by atoms with van der Waals surface area (Å²) in [6, 6.07) is 81.3. The minimum Gasteiger partial charge on any atom is -0.309 e. The van der Waals surface area contributed by atoms with Gasteiger partial charge in [-0.15, -0.1) is 11.3 Å². The summed E-state index contributed by atoms with van der Waals surface area (Å²) in [7, 11) is 0. The lowest BCUT2D eigenvalue weighted by Gasteiger charge is -2.27. The number of rotatable bonds is 8. The maximum atomic E-state index is 2.44. The standard InChI is InChI=1S/C54H37NS/c1-3-16-38(17-4-1)41-20-13-21-42(36-41)48-26-9-10-27-49(48)43-22-14-23-45(37-43)55(52-30-15-29-51-50-28-11-12-31-53(50)56-54(51)52)44-34-32-40(33-35-44)47-25-8-7-24-46(47)39-18-5-2-6-19-39/h1-37H. The van der Waals surface area contributed by atoms with E-state index in [2.05, 4.69) is 229 Å². The van der Waals surface area contributed by atoms with Crippen LogP contribution in [0.1, 0.15) is 0 Å². The minimum absolute atomic E-state index is 1.11. The van der Waals surface area contributed by atoms with Crippen LogP contribution in [0.4, 0.5) is 17.1 Å². The van der Waals surface area contributed by atoms with Crippen LogP contribution in [0.25, 0.3) is 75.8 Å². The Morgan fingerprint density at radius 2 is 0.768 bits per heavy atom. The molecule has 0 fully saturated rings. The lowest BCUT2D eigenvalue weighted by molar-refractivity contribution is 1.30. The summed E-state index contributed by atoms with van der Waals surface area (Å²) in [5, 5.41) is 2.57. The van der Waals surface area contributed by atoms with Gasteiger partial charge in [0.05, 0.1) is 10.4 Å². The molecule has 2 heteroatoms. The second-order valence-corrected chi connectivity index (χ2v) is 15.1. The summed E-state index contributed by atoms with van der Waals surface area (Å²) in [6.07, 6.45) is 0. The van der Waals surface area contributed by atoms with E-state index < -0.39 is 0 Å². The van der Waals surface area contributed by atoms with Crippen molar-refractivity contribution >= 4 is 48.6 Å². The number of hydrogen-bond acceptors (Lipinski definition) is 2. The summed E-state index contributed by atoms with van der Waals surface area (Å²) < 4.78 is 2.57. The van der Waals surface area contributed by atoms with Crippen molar-refractivity contribution in [2.45, 2.75) is 0 Å². The first-order valence-electron chi connectivity index (χ1n) is 19.1. The molecule has 56 heavy (non-hydrogen) atoms. The monoisotopic (exact) mass is 731 g/mol. The van der Waals surface area contributed by atoms with Crippen molar-refractivity contribution in [3.05, 3.63) is 224 Å². The maximum absolute atomic E-state index is 2.44. The molecule has 9 aromatic carbocycles. The normalized spacial score (nSPS) is 11.2. The maximum Gasteiger partial charge on any atom is 0.0640 e. The fraction of sp³-hybridized carbons (Fsp3) is 0. The van der Waals surface area contributed by atoms with Gasteiger partial charge in [0.15, 0.2) is 0 Å². The van der Waals surface area contributed by atoms with Crippen LogP contribution in [-0.4, -0.2) is 0 Å². The first kappa shape index (κ1) is 33.6. The van der Waals surface area contributed by atoms with Crippen molar-refractivity contribution in [1.29, 1.82) is 0 Å². The summed E-state index contributed by atoms with van der Waals surface area (Å²) in [4.78, 5) is 2.44. The van der Waals surface area contributed by atoms with E-state index in [0.29, 0.717) is 0 Å². The molecule has 1 aromatic heterocycles. The van der Waals surface area contributed by atoms with Gasteiger partial charge < -0.3 is 4.90 Å². The fourth-order valence-corrected chi connectivity index (χ4v) is 9.23. The van der Waals surface area contributed by atoms with Crippen molar-refractivity contribution in [3.8, 4) is 55.6 Å². The molecular formula is C54H37NS. The highest BCUT2D eigenvalue weighted by molar-refractivity contribution is 7.26. The molecule has 0 bridgehead atoms. The molecule has 0 saturated carbocycles. The molecule has 264 valence electrons. The van der Waals surface area contributed by atoms with Crippen molar-refractivity contribution in [3.63, 3.8) is 0 Å². The van der Waals surface area contributed by atoms with Crippen LogP contribution in [0.5, 0.6) is 0 Å². The molecule has 0 N–H and O–H groups in total. The third-order valence-electron chi connectivity index (χ3n) is 10.7. The molecule has 0 radical (unpaired) electrons. The van der Waals surface area contributed by atoms with Gasteiger partial charge in [-0.05, 0) is 98.1 Å². The van der Waals surface area contributed by atoms with Crippen LogP contribution >= 0.6 is 11.3 Å². The van der Waals surface area contributed by atoms with Gasteiger partial charge in [0, 0.05) is 26.8 Å². The van der Waals surface area contributed by atoms with E-state index in [1.807, 2.05) is 11.3 Å². The molecule has 1 heterocycles. The molecule has 0 saturated heterocycles. The van der Waals surface area contributed by atoms with Gasteiger partial charge in [0.25, 0.3) is 0 Å². The van der Waals surface area contributed by atoms with Crippen LogP contribution in [-0.2, 0) is 0 Å². The second kappa shape index (κ2) is 14.7. The average molecular weight is 732 g/mol. The van der Waals surface area contributed by atoms with E-state index in [1.54, 1.807) is 0 Å². The number of nitrogens with zero attached hydrogens (tertiary/aromatic N) is 1. The number of fused-ring (bicyclic) bond motifs is 3. The highest BCUT2D eigenvalue weighted by Gasteiger charge is 2.20. The van der Waals surface area contributed by atoms with Crippen molar-refractivity contribution < 1.29 is 0 Å². The Kier molecular flexibility index (Phi) is 8.79. The molecule has 0 aliphatic rings. The molecule has 0 aliphatic heterocycles.